The van der Waals surface area contributed by atoms with Gasteiger partial charge in [0.15, 0.2) is 0 Å². The number of hydrogen-bond donors (Lipinski definition) is 0. The minimum Gasteiger partial charge on any atom is -0.468 e. The molecular weight excluding hydrogens is 316 g/mol. The summed E-state index contributed by atoms with van der Waals surface area (Å²) in [7, 11) is 0. The molecule has 1 aliphatic heterocycles. The smallest absolute Gasteiger partial charge is 0.361 e. The molecular formula is C17H16O5S. The molecule has 0 saturated carbocycles. The number of esters is 2. The number of carbonyl (C=O) groups is 2. The van der Waals surface area contributed by atoms with Gasteiger partial charge in [-0.3, -0.25) is 4.79 Å². The van der Waals surface area contributed by atoms with E-state index in [9.17, 15) is 9.59 Å². The van der Waals surface area contributed by atoms with Crippen LogP contribution in [0.3, 0.4) is 0 Å². The van der Waals surface area contributed by atoms with E-state index in [1.54, 1.807) is 12.3 Å². The number of rotatable bonds is 6. The first-order valence-corrected chi connectivity index (χ1v) is 8.26. The molecule has 0 aliphatic carbocycles. The molecule has 23 heavy (non-hydrogen) atoms. The van der Waals surface area contributed by atoms with Crippen LogP contribution in [0.5, 0.6) is 0 Å². The lowest BCUT2D eigenvalue weighted by Crippen LogP contribution is -2.36. The van der Waals surface area contributed by atoms with E-state index in [1.807, 2.05) is 36.4 Å². The van der Waals surface area contributed by atoms with Crippen LogP contribution in [-0.4, -0.2) is 16.9 Å². The number of hydrogen-bond acceptors (Lipinski definition) is 6. The molecule has 1 atom stereocenters. The third-order valence-corrected chi connectivity index (χ3v) is 4.84. The van der Waals surface area contributed by atoms with Gasteiger partial charge in [-0.25, -0.2) is 4.79 Å². The number of cyclic esters (lactones) is 1. The topological polar surface area (TPSA) is 65.7 Å². The van der Waals surface area contributed by atoms with E-state index in [0.29, 0.717) is 17.9 Å². The molecule has 1 saturated heterocycles. The molecule has 120 valence electrons. The Balaban J connectivity index is 1.65. The molecule has 2 heterocycles. The minimum atomic E-state index is -1.28. The normalized spacial score (nSPS) is 20.3. The Bertz CT molecular complexity index is 668. The summed E-state index contributed by atoms with van der Waals surface area (Å²) in [4.78, 5) is 22.7. The van der Waals surface area contributed by atoms with Gasteiger partial charge < -0.3 is 13.9 Å². The van der Waals surface area contributed by atoms with Crippen molar-refractivity contribution in [3.63, 3.8) is 0 Å². The van der Waals surface area contributed by atoms with Crippen molar-refractivity contribution in [3.8, 4) is 0 Å². The van der Waals surface area contributed by atoms with Crippen LogP contribution in [-0.2, 0) is 31.4 Å². The SMILES string of the molecule is O=C1CCC(SCc2ccco2)(C(=O)OCc2ccccc2)O1. The van der Waals surface area contributed by atoms with Crippen LogP contribution in [0, 0.1) is 0 Å². The van der Waals surface area contributed by atoms with Crippen LogP contribution in [0.2, 0.25) is 0 Å². The summed E-state index contributed by atoms with van der Waals surface area (Å²) in [5.41, 5.74) is 0.886. The first kappa shape index (κ1) is 15.7. The summed E-state index contributed by atoms with van der Waals surface area (Å²) in [6.07, 6.45) is 2.09. The standard InChI is InChI=1S/C17H16O5S/c18-15-8-9-17(22-15,23-12-14-7-4-10-20-14)16(19)21-11-13-5-2-1-3-6-13/h1-7,10H,8-9,11-12H2. The Hall–Kier alpha value is -2.21. The lowest BCUT2D eigenvalue weighted by molar-refractivity contribution is -0.165. The third-order valence-electron chi connectivity index (χ3n) is 3.49. The molecule has 0 amide bonds. The third kappa shape index (κ3) is 3.76. The second kappa shape index (κ2) is 6.91. The molecule has 1 aliphatic rings. The first-order chi connectivity index (χ1) is 11.2. The number of benzene rings is 1. The molecule has 3 rings (SSSR count). The second-order valence-corrected chi connectivity index (χ2v) is 6.39. The molecule has 2 aromatic rings. The zero-order valence-corrected chi connectivity index (χ0v) is 13.2. The molecule has 0 bridgehead atoms. The van der Waals surface area contributed by atoms with Gasteiger partial charge in [-0.2, -0.15) is 0 Å². The fraction of sp³-hybridized carbons (Fsp3) is 0.294. The van der Waals surface area contributed by atoms with Crippen LogP contribution in [0.4, 0.5) is 0 Å². The van der Waals surface area contributed by atoms with Gasteiger partial charge in [0.25, 0.3) is 4.93 Å². The average molecular weight is 332 g/mol. The Labute approximate surface area is 138 Å². The van der Waals surface area contributed by atoms with Crippen molar-refractivity contribution in [1.29, 1.82) is 0 Å². The van der Waals surface area contributed by atoms with Crippen molar-refractivity contribution in [3.05, 3.63) is 60.1 Å². The summed E-state index contributed by atoms with van der Waals surface area (Å²) < 4.78 is 15.9. The monoisotopic (exact) mass is 332 g/mol. The number of furan rings is 1. The van der Waals surface area contributed by atoms with E-state index >= 15 is 0 Å². The maximum atomic E-state index is 12.5. The largest absolute Gasteiger partial charge is 0.468 e. The van der Waals surface area contributed by atoms with E-state index < -0.39 is 10.9 Å². The highest BCUT2D eigenvalue weighted by molar-refractivity contribution is 8.00. The van der Waals surface area contributed by atoms with Gasteiger partial charge in [-0.1, -0.05) is 42.1 Å². The zero-order chi connectivity index (χ0) is 16.1. The molecule has 0 spiro atoms. The summed E-state index contributed by atoms with van der Waals surface area (Å²) >= 11 is 1.22. The predicted molar refractivity (Wildman–Crippen MR) is 84.3 cm³/mol. The van der Waals surface area contributed by atoms with E-state index in [4.69, 9.17) is 13.9 Å². The van der Waals surface area contributed by atoms with Gasteiger partial charge in [0.05, 0.1) is 18.4 Å². The highest BCUT2D eigenvalue weighted by Gasteiger charge is 2.49. The average Bonchev–Trinajstić information content (AvgIpc) is 3.22. The van der Waals surface area contributed by atoms with Crippen molar-refractivity contribution in [2.75, 3.05) is 0 Å². The van der Waals surface area contributed by atoms with Crippen LogP contribution in [0.25, 0.3) is 0 Å². The second-order valence-electron chi connectivity index (χ2n) is 5.16. The van der Waals surface area contributed by atoms with Crippen molar-refractivity contribution < 1.29 is 23.5 Å². The summed E-state index contributed by atoms with van der Waals surface area (Å²) in [6.45, 7) is 0.153. The maximum absolute atomic E-state index is 12.5. The van der Waals surface area contributed by atoms with E-state index in [2.05, 4.69) is 0 Å². The number of carbonyl (C=O) groups excluding carboxylic acids is 2. The van der Waals surface area contributed by atoms with Crippen molar-refractivity contribution in [1.82, 2.24) is 0 Å². The molecule has 1 aromatic carbocycles. The van der Waals surface area contributed by atoms with Gasteiger partial charge in [-0.15, -0.1) is 0 Å². The van der Waals surface area contributed by atoms with E-state index in [-0.39, 0.29) is 19.0 Å². The Morgan fingerprint density at radius 2 is 2.04 bits per heavy atom. The Morgan fingerprint density at radius 1 is 1.22 bits per heavy atom. The molecule has 0 N–H and O–H groups in total. The van der Waals surface area contributed by atoms with Gasteiger partial charge in [0, 0.05) is 6.42 Å². The first-order valence-electron chi connectivity index (χ1n) is 7.27. The Kier molecular flexibility index (Phi) is 4.71. The Morgan fingerprint density at radius 3 is 2.70 bits per heavy atom. The van der Waals surface area contributed by atoms with Gasteiger partial charge >= 0.3 is 11.9 Å². The summed E-state index contributed by atoms with van der Waals surface area (Å²) in [6, 6.07) is 13.0. The summed E-state index contributed by atoms with van der Waals surface area (Å²) in [5, 5.41) is 0. The van der Waals surface area contributed by atoms with Crippen LogP contribution in [0.15, 0.2) is 53.1 Å². The minimum absolute atomic E-state index is 0.153. The quantitative estimate of drug-likeness (QED) is 0.756. The van der Waals surface area contributed by atoms with Crippen molar-refractivity contribution in [2.45, 2.75) is 30.1 Å². The van der Waals surface area contributed by atoms with Crippen molar-refractivity contribution >= 4 is 23.7 Å². The fourth-order valence-electron chi connectivity index (χ4n) is 2.27. The van der Waals surface area contributed by atoms with Crippen LogP contribution >= 0.6 is 11.8 Å². The molecule has 5 nitrogen and oxygen atoms in total. The molecule has 1 aromatic heterocycles. The number of thioether (sulfide) groups is 1. The lowest BCUT2D eigenvalue weighted by atomic mass is 10.2. The predicted octanol–water partition coefficient (Wildman–Crippen LogP) is 3.29. The highest BCUT2D eigenvalue weighted by atomic mass is 32.2. The number of ether oxygens (including phenoxy) is 2. The highest BCUT2D eigenvalue weighted by Crippen LogP contribution is 2.40. The summed E-state index contributed by atoms with van der Waals surface area (Å²) in [5.74, 6) is 0.242. The van der Waals surface area contributed by atoms with E-state index in [0.717, 1.165) is 5.56 Å². The van der Waals surface area contributed by atoms with Crippen LogP contribution in [0.1, 0.15) is 24.2 Å². The zero-order valence-electron chi connectivity index (χ0n) is 12.4. The van der Waals surface area contributed by atoms with Gasteiger partial charge in [-0.05, 0) is 17.7 Å². The molecule has 6 heteroatoms. The van der Waals surface area contributed by atoms with Gasteiger partial charge in [0.1, 0.15) is 12.4 Å². The van der Waals surface area contributed by atoms with E-state index in [1.165, 1.54) is 11.8 Å². The van der Waals surface area contributed by atoms with Gasteiger partial charge in [0.2, 0.25) is 0 Å². The van der Waals surface area contributed by atoms with Crippen LogP contribution < -0.4 is 0 Å². The maximum Gasteiger partial charge on any atom is 0.361 e. The molecule has 1 unspecified atom stereocenters. The fourth-order valence-corrected chi connectivity index (χ4v) is 3.39. The van der Waals surface area contributed by atoms with Crippen molar-refractivity contribution in [2.24, 2.45) is 0 Å². The lowest BCUT2D eigenvalue weighted by Gasteiger charge is -2.24. The molecule has 0 radical (unpaired) electrons. The molecule has 1 fully saturated rings.